The number of piperazine rings is 1. The molecule has 1 atom stereocenters. The molecular formula is C14H20BrFN2. The van der Waals surface area contributed by atoms with Crippen molar-refractivity contribution in [3.8, 4) is 0 Å². The molecule has 1 aliphatic heterocycles. The van der Waals surface area contributed by atoms with Gasteiger partial charge in [0.05, 0.1) is 5.69 Å². The topological polar surface area (TPSA) is 15.3 Å². The molecule has 18 heavy (non-hydrogen) atoms. The maximum Gasteiger partial charge on any atom is 0.146 e. The van der Waals surface area contributed by atoms with Crippen molar-refractivity contribution < 1.29 is 4.39 Å². The molecule has 2 nitrogen and oxygen atoms in total. The van der Waals surface area contributed by atoms with Crippen molar-refractivity contribution >= 4 is 21.6 Å². The van der Waals surface area contributed by atoms with Crippen LogP contribution in [0, 0.1) is 11.7 Å². The summed E-state index contributed by atoms with van der Waals surface area (Å²) in [6, 6.07) is 5.59. The van der Waals surface area contributed by atoms with Crippen molar-refractivity contribution in [2.24, 2.45) is 5.92 Å². The number of rotatable bonds is 3. The highest BCUT2D eigenvalue weighted by Gasteiger charge is 2.22. The van der Waals surface area contributed by atoms with Gasteiger partial charge in [-0.2, -0.15) is 0 Å². The Hall–Kier alpha value is -0.610. The third kappa shape index (κ3) is 3.45. The van der Waals surface area contributed by atoms with Gasteiger partial charge in [-0.3, -0.25) is 0 Å². The maximum absolute atomic E-state index is 13.9. The summed E-state index contributed by atoms with van der Waals surface area (Å²) in [4.78, 5) is 2.14. The summed E-state index contributed by atoms with van der Waals surface area (Å²) in [5.74, 6) is 0.526. The Labute approximate surface area is 117 Å². The minimum atomic E-state index is -0.136. The van der Waals surface area contributed by atoms with Crippen LogP contribution >= 0.6 is 15.9 Å². The van der Waals surface area contributed by atoms with E-state index in [0.717, 1.165) is 30.5 Å². The molecule has 1 aromatic rings. The van der Waals surface area contributed by atoms with Crippen molar-refractivity contribution in [2.45, 2.75) is 26.3 Å². The lowest BCUT2D eigenvalue weighted by molar-refractivity contribution is 0.386. The molecule has 1 fully saturated rings. The summed E-state index contributed by atoms with van der Waals surface area (Å²) in [5, 5.41) is 3.51. The average molecular weight is 315 g/mol. The van der Waals surface area contributed by atoms with Gasteiger partial charge in [0.25, 0.3) is 0 Å². The van der Waals surface area contributed by atoms with E-state index in [1.165, 1.54) is 6.07 Å². The van der Waals surface area contributed by atoms with Gasteiger partial charge in [-0.05, 0) is 30.5 Å². The first-order chi connectivity index (χ1) is 8.56. The number of hydrogen-bond acceptors (Lipinski definition) is 2. The molecule has 1 heterocycles. The summed E-state index contributed by atoms with van der Waals surface area (Å²) in [7, 11) is 0. The first kappa shape index (κ1) is 13.8. The van der Waals surface area contributed by atoms with Crippen LogP contribution in [0.3, 0.4) is 0 Å². The zero-order valence-corrected chi connectivity index (χ0v) is 12.5. The van der Waals surface area contributed by atoms with Crippen molar-refractivity contribution in [2.75, 3.05) is 24.5 Å². The van der Waals surface area contributed by atoms with Gasteiger partial charge >= 0.3 is 0 Å². The Morgan fingerprint density at radius 1 is 1.50 bits per heavy atom. The van der Waals surface area contributed by atoms with Crippen LogP contribution in [0.5, 0.6) is 0 Å². The highest BCUT2D eigenvalue weighted by Crippen LogP contribution is 2.25. The van der Waals surface area contributed by atoms with Crippen molar-refractivity contribution in [1.82, 2.24) is 5.32 Å². The lowest BCUT2D eigenvalue weighted by Crippen LogP contribution is -2.51. The van der Waals surface area contributed by atoms with Crippen LogP contribution in [0.2, 0.25) is 0 Å². The van der Waals surface area contributed by atoms with E-state index in [2.05, 4.69) is 40.0 Å². The van der Waals surface area contributed by atoms with Gasteiger partial charge in [0, 0.05) is 30.1 Å². The number of hydrogen-bond donors (Lipinski definition) is 1. The Morgan fingerprint density at radius 3 is 3.00 bits per heavy atom. The van der Waals surface area contributed by atoms with Gasteiger partial charge in [0.15, 0.2) is 0 Å². The molecule has 0 bridgehead atoms. The van der Waals surface area contributed by atoms with Gasteiger partial charge in [0.2, 0.25) is 0 Å². The molecule has 100 valence electrons. The quantitative estimate of drug-likeness (QED) is 0.919. The average Bonchev–Trinajstić information content (AvgIpc) is 2.32. The highest BCUT2D eigenvalue weighted by molar-refractivity contribution is 9.10. The molecule has 4 heteroatoms. The Balaban J connectivity index is 2.10. The monoisotopic (exact) mass is 314 g/mol. The number of benzene rings is 1. The van der Waals surface area contributed by atoms with Crippen LogP contribution in [0.15, 0.2) is 22.7 Å². The third-order valence-electron chi connectivity index (χ3n) is 3.26. The Bertz CT molecular complexity index is 409. The van der Waals surface area contributed by atoms with E-state index < -0.39 is 0 Å². The molecular weight excluding hydrogens is 295 g/mol. The molecule has 0 spiro atoms. The van der Waals surface area contributed by atoms with Gasteiger partial charge < -0.3 is 10.2 Å². The van der Waals surface area contributed by atoms with Gasteiger partial charge in [-0.1, -0.05) is 29.8 Å². The standard InChI is InChI=1S/C14H20BrFN2/c1-10(2)7-12-9-18(6-5-17-12)14-8-11(15)3-4-13(14)16/h3-4,8,10,12,17H,5-7,9H2,1-2H3. The van der Waals surface area contributed by atoms with Crippen LogP contribution in [-0.4, -0.2) is 25.7 Å². The summed E-state index contributed by atoms with van der Waals surface area (Å²) in [6.45, 7) is 7.11. The van der Waals surface area contributed by atoms with Crippen LogP contribution in [0.25, 0.3) is 0 Å². The lowest BCUT2D eigenvalue weighted by Gasteiger charge is -2.36. The van der Waals surface area contributed by atoms with Crippen LogP contribution in [0.1, 0.15) is 20.3 Å². The predicted octanol–water partition coefficient (Wildman–Crippen LogP) is 3.41. The maximum atomic E-state index is 13.9. The Kier molecular flexibility index (Phi) is 4.62. The van der Waals surface area contributed by atoms with Gasteiger partial charge in [-0.15, -0.1) is 0 Å². The second-order valence-electron chi connectivity index (χ2n) is 5.32. The van der Waals surface area contributed by atoms with E-state index in [9.17, 15) is 4.39 Å². The fourth-order valence-corrected chi connectivity index (χ4v) is 2.85. The molecule has 2 rings (SSSR count). The van der Waals surface area contributed by atoms with Crippen molar-refractivity contribution in [3.63, 3.8) is 0 Å². The predicted molar refractivity (Wildman–Crippen MR) is 77.6 cm³/mol. The molecule has 1 N–H and O–H groups in total. The van der Waals surface area contributed by atoms with E-state index in [1.807, 2.05) is 6.07 Å². The summed E-state index contributed by atoms with van der Waals surface area (Å²) in [5.41, 5.74) is 0.708. The van der Waals surface area contributed by atoms with Crippen LogP contribution in [0.4, 0.5) is 10.1 Å². The molecule has 0 aromatic heterocycles. The summed E-state index contributed by atoms with van der Waals surface area (Å²) < 4.78 is 14.8. The molecule has 0 radical (unpaired) electrons. The first-order valence-corrected chi connectivity index (χ1v) is 7.29. The largest absolute Gasteiger partial charge is 0.366 e. The first-order valence-electron chi connectivity index (χ1n) is 6.49. The molecule has 0 saturated carbocycles. The van der Waals surface area contributed by atoms with Crippen LogP contribution < -0.4 is 10.2 Å². The second-order valence-corrected chi connectivity index (χ2v) is 6.24. The number of halogens is 2. The summed E-state index contributed by atoms with van der Waals surface area (Å²) >= 11 is 3.41. The zero-order valence-electron chi connectivity index (χ0n) is 10.9. The lowest BCUT2D eigenvalue weighted by atomic mass is 10.0. The number of nitrogens with one attached hydrogen (secondary N) is 1. The number of anilines is 1. The summed E-state index contributed by atoms with van der Waals surface area (Å²) in [6.07, 6.45) is 1.13. The molecule has 0 aliphatic carbocycles. The van der Waals surface area contributed by atoms with Gasteiger partial charge in [-0.25, -0.2) is 4.39 Å². The fraction of sp³-hybridized carbons (Fsp3) is 0.571. The van der Waals surface area contributed by atoms with Crippen LogP contribution in [-0.2, 0) is 0 Å². The molecule has 0 amide bonds. The smallest absolute Gasteiger partial charge is 0.146 e. The van der Waals surface area contributed by atoms with E-state index in [4.69, 9.17) is 0 Å². The minimum absolute atomic E-state index is 0.136. The normalized spacial score (nSPS) is 20.5. The van der Waals surface area contributed by atoms with Gasteiger partial charge in [0.1, 0.15) is 5.82 Å². The fourth-order valence-electron chi connectivity index (χ4n) is 2.50. The molecule has 1 aliphatic rings. The van der Waals surface area contributed by atoms with Crippen molar-refractivity contribution in [1.29, 1.82) is 0 Å². The molecule has 1 unspecified atom stereocenters. The van der Waals surface area contributed by atoms with E-state index >= 15 is 0 Å². The van der Waals surface area contributed by atoms with E-state index in [-0.39, 0.29) is 5.82 Å². The minimum Gasteiger partial charge on any atom is -0.366 e. The third-order valence-corrected chi connectivity index (χ3v) is 3.75. The highest BCUT2D eigenvalue weighted by atomic mass is 79.9. The Morgan fingerprint density at radius 2 is 2.28 bits per heavy atom. The molecule has 1 aromatic carbocycles. The second kappa shape index (κ2) is 6.02. The van der Waals surface area contributed by atoms with E-state index in [0.29, 0.717) is 17.6 Å². The van der Waals surface area contributed by atoms with E-state index in [1.54, 1.807) is 6.07 Å². The molecule has 1 saturated heterocycles. The number of nitrogens with zero attached hydrogens (tertiary/aromatic N) is 1. The SMILES string of the molecule is CC(C)CC1CN(c2cc(Br)ccc2F)CCN1. The zero-order chi connectivity index (χ0) is 13.1. The van der Waals surface area contributed by atoms with Crippen molar-refractivity contribution in [3.05, 3.63) is 28.5 Å².